The number of nitrogens with one attached hydrogen (secondary N) is 1. The quantitative estimate of drug-likeness (QED) is 0.820. The third kappa shape index (κ3) is 3.07. The molecule has 0 saturated carbocycles. The number of rotatable bonds is 5. The van der Waals surface area contributed by atoms with Crippen molar-refractivity contribution in [2.45, 2.75) is 25.8 Å². The molecule has 2 N–H and O–H groups in total. The molecule has 96 valence electrons. The van der Waals surface area contributed by atoms with Gasteiger partial charge < -0.3 is 14.8 Å². The SMILES string of the molecule is CC(CCO)NC(=O)Cc1cn2ccccc2n1. The van der Waals surface area contributed by atoms with Gasteiger partial charge in [-0.2, -0.15) is 0 Å². The number of hydrogen-bond acceptors (Lipinski definition) is 3. The summed E-state index contributed by atoms with van der Waals surface area (Å²) in [5.74, 6) is -0.0700. The van der Waals surface area contributed by atoms with Gasteiger partial charge in [-0.05, 0) is 25.5 Å². The van der Waals surface area contributed by atoms with Crippen molar-refractivity contribution in [3.8, 4) is 0 Å². The van der Waals surface area contributed by atoms with Gasteiger partial charge in [0.15, 0.2) is 0 Å². The Morgan fingerprint density at radius 1 is 1.56 bits per heavy atom. The third-order valence-electron chi connectivity index (χ3n) is 2.73. The summed E-state index contributed by atoms with van der Waals surface area (Å²) in [4.78, 5) is 16.1. The van der Waals surface area contributed by atoms with Crippen molar-refractivity contribution >= 4 is 11.6 Å². The molecular weight excluding hydrogens is 230 g/mol. The van der Waals surface area contributed by atoms with Gasteiger partial charge in [-0.25, -0.2) is 4.98 Å². The number of amides is 1. The molecule has 0 aromatic carbocycles. The average molecular weight is 247 g/mol. The molecule has 1 atom stereocenters. The Balaban J connectivity index is 1.98. The van der Waals surface area contributed by atoms with Crippen LogP contribution in [-0.4, -0.2) is 33.0 Å². The van der Waals surface area contributed by atoms with Gasteiger partial charge in [0.05, 0.1) is 12.1 Å². The van der Waals surface area contributed by atoms with Gasteiger partial charge in [0.2, 0.25) is 5.91 Å². The number of aromatic nitrogens is 2. The summed E-state index contributed by atoms with van der Waals surface area (Å²) in [5, 5.41) is 11.6. The van der Waals surface area contributed by atoms with Crippen molar-refractivity contribution in [1.82, 2.24) is 14.7 Å². The summed E-state index contributed by atoms with van der Waals surface area (Å²) in [7, 11) is 0. The lowest BCUT2D eigenvalue weighted by molar-refractivity contribution is -0.121. The Bertz CT molecular complexity index is 503. The minimum atomic E-state index is -0.0700. The minimum absolute atomic E-state index is 0.0143. The van der Waals surface area contributed by atoms with Crippen LogP contribution in [0.15, 0.2) is 30.6 Å². The third-order valence-corrected chi connectivity index (χ3v) is 2.73. The van der Waals surface area contributed by atoms with Crippen LogP contribution in [0, 0.1) is 0 Å². The lowest BCUT2D eigenvalue weighted by atomic mass is 10.2. The van der Waals surface area contributed by atoms with E-state index in [4.69, 9.17) is 5.11 Å². The molecule has 5 nitrogen and oxygen atoms in total. The predicted octanol–water partition coefficient (Wildman–Crippen LogP) is 0.764. The summed E-state index contributed by atoms with van der Waals surface area (Å²) in [6.07, 6.45) is 4.58. The zero-order valence-electron chi connectivity index (χ0n) is 10.3. The van der Waals surface area contributed by atoms with Gasteiger partial charge in [0.25, 0.3) is 0 Å². The van der Waals surface area contributed by atoms with Crippen LogP contribution in [-0.2, 0) is 11.2 Å². The van der Waals surface area contributed by atoms with Crippen LogP contribution >= 0.6 is 0 Å². The number of carbonyl (C=O) groups excluding carboxylic acids is 1. The fraction of sp³-hybridized carbons (Fsp3) is 0.385. The number of nitrogens with zero attached hydrogens (tertiary/aromatic N) is 2. The zero-order valence-corrected chi connectivity index (χ0v) is 10.3. The molecule has 0 bridgehead atoms. The molecule has 18 heavy (non-hydrogen) atoms. The van der Waals surface area contributed by atoms with Crippen LogP contribution in [0.1, 0.15) is 19.0 Å². The first-order valence-corrected chi connectivity index (χ1v) is 6.02. The highest BCUT2D eigenvalue weighted by Crippen LogP contribution is 2.05. The molecule has 0 fully saturated rings. The number of aliphatic hydroxyl groups is 1. The molecule has 0 aliphatic rings. The molecular formula is C13H17N3O2. The standard InChI is InChI=1S/C13H17N3O2/c1-10(5-7-17)14-13(18)8-11-9-16-6-3-2-4-12(16)15-11/h2-4,6,9-10,17H,5,7-8H2,1H3,(H,14,18). The normalized spacial score (nSPS) is 12.6. The molecule has 2 aromatic heterocycles. The zero-order chi connectivity index (χ0) is 13.0. The molecule has 0 radical (unpaired) electrons. The molecule has 2 aromatic rings. The number of aliphatic hydroxyl groups excluding tert-OH is 1. The average Bonchev–Trinajstić information content (AvgIpc) is 2.70. The van der Waals surface area contributed by atoms with Gasteiger partial charge in [-0.1, -0.05) is 6.07 Å². The first kappa shape index (κ1) is 12.6. The van der Waals surface area contributed by atoms with E-state index < -0.39 is 0 Å². The molecule has 5 heteroatoms. The lowest BCUT2D eigenvalue weighted by Gasteiger charge is -2.11. The van der Waals surface area contributed by atoms with Crippen LogP contribution in [0.25, 0.3) is 5.65 Å². The van der Waals surface area contributed by atoms with E-state index in [1.54, 1.807) is 0 Å². The monoisotopic (exact) mass is 247 g/mol. The summed E-state index contributed by atoms with van der Waals surface area (Å²) in [6.45, 7) is 1.95. The van der Waals surface area contributed by atoms with Crippen molar-refractivity contribution in [3.05, 3.63) is 36.3 Å². The Hall–Kier alpha value is -1.88. The molecule has 2 heterocycles. The Morgan fingerprint density at radius 2 is 2.39 bits per heavy atom. The molecule has 0 saturated heterocycles. The summed E-state index contributed by atoms with van der Waals surface area (Å²) in [6, 6.07) is 5.71. The van der Waals surface area contributed by atoms with E-state index in [1.807, 2.05) is 41.9 Å². The number of hydrogen-bond donors (Lipinski definition) is 2. The van der Waals surface area contributed by atoms with Crippen LogP contribution in [0.4, 0.5) is 0 Å². The maximum atomic E-state index is 11.7. The van der Waals surface area contributed by atoms with Gasteiger partial charge >= 0.3 is 0 Å². The predicted molar refractivity (Wildman–Crippen MR) is 68.2 cm³/mol. The molecule has 0 aliphatic heterocycles. The highest BCUT2D eigenvalue weighted by atomic mass is 16.3. The Kier molecular flexibility index (Phi) is 3.94. The second-order valence-corrected chi connectivity index (χ2v) is 4.36. The van der Waals surface area contributed by atoms with Gasteiger partial charge in [0.1, 0.15) is 5.65 Å². The fourth-order valence-corrected chi connectivity index (χ4v) is 1.83. The minimum Gasteiger partial charge on any atom is -0.396 e. The Labute approximate surface area is 105 Å². The van der Waals surface area contributed by atoms with E-state index in [1.165, 1.54) is 0 Å². The summed E-state index contributed by atoms with van der Waals surface area (Å²) >= 11 is 0. The second kappa shape index (κ2) is 5.64. The van der Waals surface area contributed by atoms with E-state index in [0.29, 0.717) is 6.42 Å². The summed E-state index contributed by atoms with van der Waals surface area (Å²) in [5.41, 5.74) is 1.58. The van der Waals surface area contributed by atoms with E-state index in [0.717, 1.165) is 11.3 Å². The first-order chi connectivity index (χ1) is 8.69. The van der Waals surface area contributed by atoms with Crippen LogP contribution in [0.3, 0.4) is 0 Å². The molecule has 2 rings (SSSR count). The van der Waals surface area contributed by atoms with E-state index in [9.17, 15) is 4.79 Å². The van der Waals surface area contributed by atoms with Crippen LogP contribution in [0.5, 0.6) is 0 Å². The maximum Gasteiger partial charge on any atom is 0.226 e. The van der Waals surface area contributed by atoms with Crippen LogP contribution in [0.2, 0.25) is 0 Å². The van der Waals surface area contributed by atoms with Crippen molar-refractivity contribution in [2.24, 2.45) is 0 Å². The highest BCUT2D eigenvalue weighted by Gasteiger charge is 2.10. The van der Waals surface area contributed by atoms with Crippen molar-refractivity contribution in [1.29, 1.82) is 0 Å². The first-order valence-electron chi connectivity index (χ1n) is 6.02. The lowest BCUT2D eigenvalue weighted by Crippen LogP contribution is -2.34. The maximum absolute atomic E-state index is 11.7. The Morgan fingerprint density at radius 3 is 3.11 bits per heavy atom. The van der Waals surface area contributed by atoms with Gasteiger partial charge in [0, 0.05) is 25.0 Å². The largest absolute Gasteiger partial charge is 0.396 e. The number of carbonyl (C=O) groups is 1. The molecule has 0 spiro atoms. The topological polar surface area (TPSA) is 66.6 Å². The fourth-order valence-electron chi connectivity index (χ4n) is 1.83. The van der Waals surface area contributed by atoms with Crippen molar-refractivity contribution < 1.29 is 9.90 Å². The molecule has 0 aliphatic carbocycles. The summed E-state index contributed by atoms with van der Waals surface area (Å²) < 4.78 is 1.89. The van der Waals surface area contributed by atoms with Crippen molar-refractivity contribution in [3.63, 3.8) is 0 Å². The second-order valence-electron chi connectivity index (χ2n) is 4.36. The van der Waals surface area contributed by atoms with Crippen molar-refractivity contribution in [2.75, 3.05) is 6.61 Å². The van der Waals surface area contributed by atoms with Gasteiger partial charge in [-0.3, -0.25) is 4.79 Å². The molecule has 1 unspecified atom stereocenters. The number of fused-ring (bicyclic) bond motifs is 1. The van der Waals surface area contributed by atoms with Gasteiger partial charge in [-0.15, -0.1) is 0 Å². The van der Waals surface area contributed by atoms with E-state index in [-0.39, 0.29) is 25.0 Å². The smallest absolute Gasteiger partial charge is 0.226 e. The molecule has 1 amide bonds. The number of imidazole rings is 1. The highest BCUT2D eigenvalue weighted by molar-refractivity contribution is 5.78. The van der Waals surface area contributed by atoms with E-state index in [2.05, 4.69) is 10.3 Å². The van der Waals surface area contributed by atoms with Crippen LogP contribution < -0.4 is 5.32 Å². The van der Waals surface area contributed by atoms with E-state index >= 15 is 0 Å². The number of pyridine rings is 1.